The summed E-state index contributed by atoms with van der Waals surface area (Å²) in [5.41, 5.74) is -1.51. The van der Waals surface area contributed by atoms with Crippen molar-refractivity contribution in [1.82, 2.24) is 10.2 Å². The normalized spacial score (nSPS) is 23.7. The van der Waals surface area contributed by atoms with E-state index in [1.807, 2.05) is 7.05 Å². The molecule has 1 rings (SSSR count). The van der Waals surface area contributed by atoms with E-state index in [0.29, 0.717) is 12.8 Å². The van der Waals surface area contributed by atoms with E-state index < -0.39 is 11.5 Å². The highest BCUT2D eigenvalue weighted by Crippen LogP contribution is 2.42. The van der Waals surface area contributed by atoms with E-state index in [0.717, 1.165) is 0 Å². The first-order valence-corrected chi connectivity index (χ1v) is 6.78. The lowest BCUT2D eigenvalue weighted by atomic mass is 9.69. The van der Waals surface area contributed by atoms with Gasteiger partial charge in [0, 0.05) is 11.1 Å². The zero-order chi connectivity index (χ0) is 15.8. The van der Waals surface area contributed by atoms with Crippen molar-refractivity contribution >= 4 is 11.9 Å². The predicted octanol–water partition coefficient (Wildman–Crippen LogP) is 1.48. The molecular formula is C15H26N2O3. The van der Waals surface area contributed by atoms with Crippen LogP contribution in [0.3, 0.4) is 0 Å². The third-order valence-corrected chi connectivity index (χ3v) is 4.41. The highest BCUT2D eigenvalue weighted by Gasteiger charge is 2.55. The van der Waals surface area contributed by atoms with Crippen LogP contribution in [0.5, 0.6) is 0 Å². The van der Waals surface area contributed by atoms with E-state index in [4.69, 9.17) is 4.74 Å². The van der Waals surface area contributed by atoms with Gasteiger partial charge in [-0.3, -0.25) is 9.69 Å². The quantitative estimate of drug-likeness (QED) is 0.629. The molecule has 1 aliphatic heterocycles. The molecule has 0 aromatic rings. The van der Waals surface area contributed by atoms with E-state index in [1.54, 1.807) is 0 Å². The van der Waals surface area contributed by atoms with Gasteiger partial charge in [0.2, 0.25) is 5.91 Å². The molecule has 0 radical (unpaired) electrons. The van der Waals surface area contributed by atoms with Gasteiger partial charge in [0.1, 0.15) is 5.54 Å². The minimum absolute atomic E-state index is 0.246. The van der Waals surface area contributed by atoms with Crippen LogP contribution < -0.4 is 5.32 Å². The minimum atomic E-state index is -1.01. The molecule has 0 aromatic carbocycles. The van der Waals surface area contributed by atoms with Crippen molar-refractivity contribution in [3.63, 3.8) is 0 Å². The van der Waals surface area contributed by atoms with Crippen molar-refractivity contribution in [1.29, 1.82) is 0 Å². The Kier molecular flexibility index (Phi) is 4.34. The van der Waals surface area contributed by atoms with Crippen LogP contribution in [-0.4, -0.2) is 47.6 Å². The second-order valence-electron chi connectivity index (χ2n) is 6.80. The Morgan fingerprint density at radius 1 is 1.20 bits per heavy atom. The number of rotatable bonds is 3. The van der Waals surface area contributed by atoms with E-state index in [2.05, 4.69) is 44.5 Å². The molecule has 0 bridgehead atoms. The smallest absolute Gasteiger partial charge is 0.331 e. The molecule has 5 nitrogen and oxygen atoms in total. The van der Waals surface area contributed by atoms with Crippen molar-refractivity contribution in [2.75, 3.05) is 14.2 Å². The fourth-order valence-corrected chi connectivity index (χ4v) is 3.36. The molecular weight excluding hydrogens is 256 g/mol. The van der Waals surface area contributed by atoms with Gasteiger partial charge in [-0.1, -0.05) is 6.58 Å². The van der Waals surface area contributed by atoms with E-state index in [-0.39, 0.29) is 17.0 Å². The van der Waals surface area contributed by atoms with Gasteiger partial charge < -0.3 is 10.1 Å². The van der Waals surface area contributed by atoms with Gasteiger partial charge in [0.15, 0.2) is 0 Å². The topological polar surface area (TPSA) is 58.6 Å². The van der Waals surface area contributed by atoms with Gasteiger partial charge in [-0.25, -0.2) is 4.79 Å². The van der Waals surface area contributed by atoms with Crippen LogP contribution in [0.25, 0.3) is 0 Å². The van der Waals surface area contributed by atoms with E-state index in [9.17, 15) is 9.59 Å². The first-order chi connectivity index (χ1) is 9.00. The second kappa shape index (κ2) is 5.20. The average molecular weight is 282 g/mol. The summed E-state index contributed by atoms with van der Waals surface area (Å²) in [4.78, 5) is 26.3. The summed E-state index contributed by atoms with van der Waals surface area (Å²) >= 11 is 0. The lowest BCUT2D eigenvalue weighted by Gasteiger charge is -2.57. The first-order valence-electron chi connectivity index (χ1n) is 6.78. The summed E-state index contributed by atoms with van der Waals surface area (Å²) in [5.74, 6) is -0.756. The number of likely N-dealkylation sites (tertiary alicyclic amines) is 1. The van der Waals surface area contributed by atoms with Crippen LogP contribution in [-0.2, 0) is 14.3 Å². The van der Waals surface area contributed by atoms with Gasteiger partial charge in [-0.15, -0.1) is 0 Å². The lowest BCUT2D eigenvalue weighted by molar-refractivity contribution is -0.160. The number of hydrogen-bond acceptors (Lipinski definition) is 4. The Morgan fingerprint density at radius 3 is 2.00 bits per heavy atom. The molecule has 114 valence electrons. The maximum atomic E-state index is 12.3. The maximum Gasteiger partial charge on any atom is 0.331 e. The molecule has 0 unspecified atom stereocenters. The lowest BCUT2D eigenvalue weighted by Crippen LogP contribution is -2.70. The molecule has 1 amide bonds. The fraction of sp³-hybridized carbons (Fsp3) is 0.733. The van der Waals surface area contributed by atoms with Crippen LogP contribution >= 0.6 is 0 Å². The zero-order valence-corrected chi connectivity index (χ0v) is 13.4. The molecule has 1 fully saturated rings. The van der Waals surface area contributed by atoms with Crippen LogP contribution in [0, 0.1) is 0 Å². The van der Waals surface area contributed by atoms with Crippen LogP contribution in [0.15, 0.2) is 12.7 Å². The summed E-state index contributed by atoms with van der Waals surface area (Å²) in [6.07, 6.45) is 2.17. The third kappa shape index (κ3) is 2.87. The molecule has 1 N–H and O–H groups in total. The Bertz CT molecular complexity index is 409. The molecule has 1 heterocycles. The number of nitrogens with zero attached hydrogens (tertiary/aromatic N) is 1. The Balaban J connectivity index is 3.27. The largest absolute Gasteiger partial charge is 0.467 e. The molecule has 20 heavy (non-hydrogen) atoms. The predicted molar refractivity (Wildman–Crippen MR) is 78.2 cm³/mol. The third-order valence-electron chi connectivity index (χ3n) is 4.41. The minimum Gasteiger partial charge on any atom is -0.467 e. The SMILES string of the molecule is C=CC(=O)NC1(C(=O)OC)CC(C)(C)N(C)C(C)(C)C1. The highest BCUT2D eigenvalue weighted by molar-refractivity contribution is 5.93. The number of methoxy groups -OCH3 is 1. The van der Waals surface area contributed by atoms with Crippen molar-refractivity contribution in [3.05, 3.63) is 12.7 Å². The number of carbonyl (C=O) groups is 2. The summed E-state index contributed by atoms with van der Waals surface area (Å²) < 4.78 is 4.95. The molecule has 0 aromatic heterocycles. The number of piperidine rings is 1. The van der Waals surface area contributed by atoms with E-state index >= 15 is 0 Å². The Hall–Kier alpha value is -1.36. The van der Waals surface area contributed by atoms with Gasteiger partial charge in [0.05, 0.1) is 7.11 Å². The molecule has 0 saturated carbocycles. The molecule has 0 atom stereocenters. The van der Waals surface area contributed by atoms with Crippen molar-refractivity contribution in [2.45, 2.75) is 57.2 Å². The van der Waals surface area contributed by atoms with Crippen molar-refractivity contribution in [3.8, 4) is 0 Å². The number of amides is 1. The van der Waals surface area contributed by atoms with Crippen LogP contribution in [0.2, 0.25) is 0 Å². The summed E-state index contributed by atoms with van der Waals surface area (Å²) in [6, 6.07) is 0. The number of carbonyl (C=O) groups excluding carboxylic acids is 2. The second-order valence-corrected chi connectivity index (χ2v) is 6.80. The van der Waals surface area contributed by atoms with Gasteiger partial charge in [0.25, 0.3) is 0 Å². The average Bonchev–Trinajstić information content (AvgIpc) is 2.33. The zero-order valence-electron chi connectivity index (χ0n) is 13.4. The Labute approximate surface area is 121 Å². The van der Waals surface area contributed by atoms with Gasteiger partial charge >= 0.3 is 5.97 Å². The summed E-state index contributed by atoms with van der Waals surface area (Å²) in [6.45, 7) is 11.7. The molecule has 0 spiro atoms. The molecule has 1 aliphatic rings. The molecule has 5 heteroatoms. The standard InChI is InChI=1S/C15H26N2O3/c1-8-11(18)16-15(12(19)20-7)9-13(2,3)17(6)14(4,5)10-15/h8H,1,9-10H2,2-7H3,(H,16,18). The van der Waals surface area contributed by atoms with Crippen LogP contribution in [0.4, 0.5) is 0 Å². The summed E-state index contributed by atoms with van der Waals surface area (Å²) in [7, 11) is 3.39. The molecule has 0 aliphatic carbocycles. The van der Waals surface area contributed by atoms with Crippen molar-refractivity contribution in [2.24, 2.45) is 0 Å². The summed E-state index contributed by atoms with van der Waals surface area (Å²) in [5, 5.41) is 2.81. The fourth-order valence-electron chi connectivity index (χ4n) is 3.36. The first kappa shape index (κ1) is 16.7. The maximum absolute atomic E-state index is 12.3. The monoisotopic (exact) mass is 282 g/mol. The Morgan fingerprint density at radius 2 is 1.65 bits per heavy atom. The van der Waals surface area contributed by atoms with Gasteiger partial charge in [-0.05, 0) is 53.7 Å². The number of esters is 1. The van der Waals surface area contributed by atoms with Gasteiger partial charge in [-0.2, -0.15) is 0 Å². The number of hydrogen-bond donors (Lipinski definition) is 1. The number of ether oxygens (including phenoxy) is 1. The van der Waals surface area contributed by atoms with Crippen LogP contribution in [0.1, 0.15) is 40.5 Å². The van der Waals surface area contributed by atoms with E-state index in [1.165, 1.54) is 13.2 Å². The van der Waals surface area contributed by atoms with Crippen molar-refractivity contribution < 1.29 is 14.3 Å². The number of nitrogens with one attached hydrogen (secondary N) is 1. The molecule has 1 saturated heterocycles. The highest BCUT2D eigenvalue weighted by atomic mass is 16.5.